The molecule has 2 rings (SSSR count). The van der Waals surface area contributed by atoms with Gasteiger partial charge in [0.15, 0.2) is 0 Å². The molecule has 2 aromatic rings. The van der Waals surface area contributed by atoms with E-state index >= 15 is 0 Å². The molecule has 0 saturated carbocycles. The zero-order chi connectivity index (χ0) is 16.8. The lowest BCUT2D eigenvalue weighted by molar-refractivity contribution is 0.271. The van der Waals surface area contributed by atoms with Gasteiger partial charge in [0.25, 0.3) is 0 Å². The molecule has 23 heavy (non-hydrogen) atoms. The van der Waals surface area contributed by atoms with Crippen molar-refractivity contribution in [2.45, 2.75) is 13.8 Å². The van der Waals surface area contributed by atoms with Crippen molar-refractivity contribution in [1.82, 2.24) is 0 Å². The largest absolute Gasteiger partial charge is 0.493 e. The van der Waals surface area contributed by atoms with Crippen molar-refractivity contribution in [2.75, 3.05) is 25.6 Å². The fourth-order valence-electron chi connectivity index (χ4n) is 2.17. The molecular weight excluding hydrogens is 288 g/mol. The first kappa shape index (κ1) is 16.9. The van der Waals surface area contributed by atoms with E-state index in [0.717, 1.165) is 22.6 Å². The molecule has 4 heteroatoms. The molecule has 122 valence electrons. The number of hydrogen-bond acceptors (Lipinski definition) is 4. The Morgan fingerprint density at radius 2 is 1.52 bits per heavy atom. The van der Waals surface area contributed by atoms with E-state index in [-0.39, 0.29) is 0 Å². The van der Waals surface area contributed by atoms with Crippen molar-refractivity contribution in [3.05, 3.63) is 59.7 Å². The van der Waals surface area contributed by atoms with Crippen LogP contribution in [0.1, 0.15) is 25.0 Å². The Kier molecular flexibility index (Phi) is 5.63. The zero-order valence-corrected chi connectivity index (χ0v) is 14.2. The Morgan fingerprint density at radius 1 is 1.00 bits per heavy atom. The van der Waals surface area contributed by atoms with Crippen molar-refractivity contribution in [3.8, 4) is 5.75 Å². The van der Waals surface area contributed by atoms with E-state index in [4.69, 9.17) is 4.74 Å². The summed E-state index contributed by atoms with van der Waals surface area (Å²) in [5.41, 5.74) is 3.37. The summed E-state index contributed by atoms with van der Waals surface area (Å²) in [5.74, 6) is 1.31. The fraction of sp³-hybridized carbons (Fsp3) is 0.316. The van der Waals surface area contributed by atoms with E-state index < -0.39 is 0 Å². The maximum atomic E-state index is 9.40. The molecule has 0 atom stereocenters. The number of rotatable bonds is 6. The summed E-state index contributed by atoms with van der Waals surface area (Å²) in [6, 6.07) is 15.5. The summed E-state index contributed by atoms with van der Waals surface area (Å²) in [4.78, 5) is 2.03. The first-order valence-electron chi connectivity index (χ1n) is 7.74. The second-order valence-electron chi connectivity index (χ2n) is 6.12. The summed E-state index contributed by atoms with van der Waals surface area (Å²) in [6.45, 7) is 4.91. The summed E-state index contributed by atoms with van der Waals surface area (Å²) >= 11 is 0. The number of anilines is 1. The SMILES string of the molecule is CC(C)COc1ccc(C(=NO)c2ccc(N(C)C)cc2)cc1. The Bertz CT molecular complexity index is 644. The van der Waals surface area contributed by atoms with Gasteiger partial charge in [-0.2, -0.15) is 0 Å². The topological polar surface area (TPSA) is 45.1 Å². The maximum Gasteiger partial charge on any atom is 0.119 e. The third-order valence-electron chi connectivity index (χ3n) is 3.47. The second-order valence-corrected chi connectivity index (χ2v) is 6.12. The third-order valence-corrected chi connectivity index (χ3v) is 3.47. The number of hydrogen-bond donors (Lipinski definition) is 1. The van der Waals surface area contributed by atoms with Crippen molar-refractivity contribution in [1.29, 1.82) is 0 Å². The monoisotopic (exact) mass is 312 g/mol. The molecule has 0 aliphatic carbocycles. The smallest absolute Gasteiger partial charge is 0.119 e. The average molecular weight is 312 g/mol. The van der Waals surface area contributed by atoms with Gasteiger partial charge in [0.05, 0.1) is 6.61 Å². The molecule has 0 aliphatic rings. The van der Waals surface area contributed by atoms with Gasteiger partial charge in [-0.25, -0.2) is 0 Å². The van der Waals surface area contributed by atoms with Crippen LogP contribution in [-0.4, -0.2) is 31.6 Å². The molecule has 0 amide bonds. The maximum absolute atomic E-state index is 9.40. The highest BCUT2D eigenvalue weighted by Gasteiger charge is 2.09. The first-order chi connectivity index (χ1) is 11.0. The lowest BCUT2D eigenvalue weighted by Gasteiger charge is -2.13. The van der Waals surface area contributed by atoms with Crippen molar-refractivity contribution >= 4 is 11.4 Å². The highest BCUT2D eigenvalue weighted by molar-refractivity contribution is 6.12. The minimum Gasteiger partial charge on any atom is -0.493 e. The van der Waals surface area contributed by atoms with Crippen LogP contribution in [0.5, 0.6) is 5.75 Å². The van der Waals surface area contributed by atoms with Crippen LogP contribution in [0.15, 0.2) is 53.7 Å². The number of oxime groups is 1. The lowest BCUT2D eigenvalue weighted by atomic mass is 10.0. The quantitative estimate of drug-likeness (QED) is 0.498. The predicted molar refractivity (Wildman–Crippen MR) is 95.0 cm³/mol. The van der Waals surface area contributed by atoms with Crippen molar-refractivity contribution in [2.24, 2.45) is 11.1 Å². The van der Waals surface area contributed by atoms with Gasteiger partial charge in [-0.1, -0.05) is 31.1 Å². The van der Waals surface area contributed by atoms with Crippen LogP contribution in [0.3, 0.4) is 0 Å². The molecular formula is C19H24N2O2. The molecule has 2 aromatic carbocycles. The van der Waals surface area contributed by atoms with Crippen molar-refractivity contribution in [3.63, 3.8) is 0 Å². The summed E-state index contributed by atoms with van der Waals surface area (Å²) in [6.07, 6.45) is 0. The summed E-state index contributed by atoms with van der Waals surface area (Å²) < 4.78 is 5.68. The van der Waals surface area contributed by atoms with Gasteiger partial charge in [0.2, 0.25) is 0 Å². The van der Waals surface area contributed by atoms with E-state index in [2.05, 4.69) is 19.0 Å². The van der Waals surface area contributed by atoms with Crippen LogP contribution in [0.4, 0.5) is 5.69 Å². The van der Waals surface area contributed by atoms with E-state index in [1.807, 2.05) is 67.5 Å². The molecule has 0 saturated heterocycles. The molecule has 4 nitrogen and oxygen atoms in total. The Hall–Kier alpha value is -2.49. The van der Waals surface area contributed by atoms with Crippen LogP contribution >= 0.6 is 0 Å². The molecule has 0 fully saturated rings. The van der Waals surface area contributed by atoms with E-state index in [9.17, 15) is 5.21 Å². The molecule has 0 bridgehead atoms. The normalized spacial score (nSPS) is 11.6. The van der Waals surface area contributed by atoms with Gasteiger partial charge in [-0.15, -0.1) is 0 Å². The Labute approximate surface area is 138 Å². The Morgan fingerprint density at radius 3 is 1.96 bits per heavy atom. The molecule has 0 unspecified atom stereocenters. The van der Waals surface area contributed by atoms with Gasteiger partial charge in [-0.05, 0) is 42.3 Å². The van der Waals surface area contributed by atoms with E-state index in [0.29, 0.717) is 18.2 Å². The highest BCUT2D eigenvalue weighted by Crippen LogP contribution is 2.19. The molecule has 0 aromatic heterocycles. The number of ether oxygens (including phenoxy) is 1. The fourth-order valence-corrected chi connectivity index (χ4v) is 2.17. The van der Waals surface area contributed by atoms with Crippen LogP contribution in [-0.2, 0) is 0 Å². The first-order valence-corrected chi connectivity index (χ1v) is 7.74. The van der Waals surface area contributed by atoms with E-state index in [1.165, 1.54) is 0 Å². The zero-order valence-electron chi connectivity index (χ0n) is 14.2. The van der Waals surface area contributed by atoms with Gasteiger partial charge in [0.1, 0.15) is 11.5 Å². The number of benzene rings is 2. The summed E-state index contributed by atoms with van der Waals surface area (Å²) in [5, 5.41) is 12.9. The van der Waals surface area contributed by atoms with Gasteiger partial charge >= 0.3 is 0 Å². The standard InChI is InChI=1S/C19H24N2O2/c1-14(2)13-23-18-11-7-16(8-12-18)19(20-22)15-5-9-17(10-6-15)21(3)4/h5-12,14,22H,13H2,1-4H3. The molecule has 0 spiro atoms. The minimum absolute atomic E-state index is 0.486. The Balaban J connectivity index is 2.17. The van der Waals surface area contributed by atoms with Crippen molar-refractivity contribution < 1.29 is 9.94 Å². The minimum atomic E-state index is 0.486. The molecule has 0 heterocycles. The lowest BCUT2D eigenvalue weighted by Crippen LogP contribution is -2.09. The van der Waals surface area contributed by atoms with Crippen LogP contribution in [0.2, 0.25) is 0 Å². The second kappa shape index (κ2) is 7.68. The highest BCUT2D eigenvalue weighted by atomic mass is 16.5. The predicted octanol–water partition coefficient (Wildman–Crippen LogP) is 4.01. The number of nitrogens with zero attached hydrogens (tertiary/aromatic N) is 2. The third kappa shape index (κ3) is 4.49. The van der Waals surface area contributed by atoms with Crippen LogP contribution in [0.25, 0.3) is 0 Å². The van der Waals surface area contributed by atoms with Gasteiger partial charge in [0, 0.05) is 30.9 Å². The van der Waals surface area contributed by atoms with Gasteiger partial charge < -0.3 is 14.8 Å². The van der Waals surface area contributed by atoms with Gasteiger partial charge in [-0.3, -0.25) is 0 Å². The molecule has 0 aliphatic heterocycles. The van der Waals surface area contributed by atoms with Crippen LogP contribution in [0, 0.1) is 5.92 Å². The van der Waals surface area contributed by atoms with Crippen LogP contribution < -0.4 is 9.64 Å². The van der Waals surface area contributed by atoms with E-state index in [1.54, 1.807) is 0 Å². The molecule has 0 radical (unpaired) electrons. The summed E-state index contributed by atoms with van der Waals surface area (Å²) in [7, 11) is 3.98. The molecule has 1 N–H and O–H groups in total. The average Bonchev–Trinajstić information content (AvgIpc) is 2.55.